The standard InChI is InChI=1S/C30H31N3P2S2/c1-3-31-29(36)34(25-17-9-5-10-18-25,26-19-11-6-12-20-26)33-35(30(37)32-4-2,27-21-13-7-14-22-27)28-23-15-8-16-24-28/h5-24H,3-4H2,1-2H3,(H-,31,32,36,37). The van der Waals surface area contributed by atoms with Gasteiger partial charge in [-0.15, -0.1) is 4.52 Å². The van der Waals surface area contributed by atoms with Crippen LogP contribution in [0.15, 0.2) is 131 Å². The molecular formula is C30H31N3P2S2. The minimum Gasteiger partial charge on any atom is -0.719 e. The van der Waals surface area contributed by atoms with E-state index in [0.29, 0.717) is 17.9 Å². The third kappa shape index (κ3) is 5.47. The van der Waals surface area contributed by atoms with E-state index in [4.69, 9.17) is 34.4 Å². The quantitative estimate of drug-likeness (QED) is 0.0868. The number of nitrogens with one attached hydrogen (secondary N) is 1. The van der Waals surface area contributed by atoms with Gasteiger partial charge in [0.2, 0.25) is 7.41 Å². The van der Waals surface area contributed by atoms with Crippen LogP contribution in [0.5, 0.6) is 0 Å². The van der Waals surface area contributed by atoms with Crippen LogP contribution < -0.4 is 26.5 Å². The third-order valence-electron chi connectivity index (χ3n) is 5.98. The predicted octanol–water partition coefficient (Wildman–Crippen LogP) is 6.24. The Hall–Kier alpha value is -2.68. The molecule has 0 aliphatic rings. The summed E-state index contributed by atoms with van der Waals surface area (Å²) in [5.74, 6) is 0. The number of thiocarbonyl (C=S) groups is 1. The van der Waals surface area contributed by atoms with E-state index in [1.807, 2.05) is 31.2 Å². The highest BCUT2D eigenvalue weighted by Crippen LogP contribution is 2.68. The molecule has 0 aliphatic heterocycles. The molecule has 0 atom stereocenters. The Kier molecular flexibility index (Phi) is 9.40. The van der Waals surface area contributed by atoms with Crippen molar-refractivity contribution in [3.05, 3.63) is 121 Å². The van der Waals surface area contributed by atoms with Gasteiger partial charge in [0.25, 0.3) is 0 Å². The lowest BCUT2D eigenvalue weighted by molar-refractivity contribution is 0.994. The average Bonchev–Trinajstić information content (AvgIpc) is 2.96. The van der Waals surface area contributed by atoms with Gasteiger partial charge in [0, 0.05) is 23.7 Å². The monoisotopic (exact) mass is 559 g/mol. The lowest BCUT2D eigenvalue weighted by Gasteiger charge is -2.33. The Morgan fingerprint density at radius 3 is 1.51 bits per heavy atom. The number of nitrogens with zero attached hydrogens (tertiary/aromatic N) is 2. The molecule has 0 amide bonds. The lowest BCUT2D eigenvalue weighted by Crippen LogP contribution is -2.33. The smallest absolute Gasteiger partial charge is 0.220 e. The van der Waals surface area contributed by atoms with Crippen LogP contribution in [-0.2, 0) is 12.6 Å². The van der Waals surface area contributed by atoms with E-state index in [0.717, 1.165) is 25.9 Å². The van der Waals surface area contributed by atoms with Gasteiger partial charge in [0.1, 0.15) is 22.4 Å². The maximum Gasteiger partial charge on any atom is 0.220 e. The van der Waals surface area contributed by atoms with Crippen LogP contribution >= 0.6 is 26.7 Å². The van der Waals surface area contributed by atoms with E-state index in [-0.39, 0.29) is 0 Å². The minimum atomic E-state index is -2.73. The molecule has 0 bridgehead atoms. The largest absolute Gasteiger partial charge is 0.719 e. The van der Waals surface area contributed by atoms with Crippen molar-refractivity contribution in [1.29, 1.82) is 0 Å². The summed E-state index contributed by atoms with van der Waals surface area (Å²) in [4.78, 5) is 5.51. The van der Waals surface area contributed by atoms with Crippen molar-refractivity contribution in [2.75, 3.05) is 13.1 Å². The molecule has 0 unspecified atom stereocenters. The van der Waals surface area contributed by atoms with E-state index in [1.54, 1.807) is 0 Å². The van der Waals surface area contributed by atoms with Gasteiger partial charge in [-0.3, -0.25) is 4.99 Å². The minimum absolute atomic E-state index is 0.593. The number of hydrogen-bond donors (Lipinski definition) is 1. The summed E-state index contributed by atoms with van der Waals surface area (Å²) in [6, 6.07) is 41.8. The van der Waals surface area contributed by atoms with Crippen molar-refractivity contribution in [1.82, 2.24) is 5.32 Å². The van der Waals surface area contributed by atoms with Crippen LogP contribution in [0.1, 0.15) is 13.8 Å². The van der Waals surface area contributed by atoms with Gasteiger partial charge in [-0.1, -0.05) is 109 Å². The molecule has 0 saturated heterocycles. The summed E-state index contributed by atoms with van der Waals surface area (Å²) in [6.45, 7) is 5.40. The van der Waals surface area contributed by atoms with E-state index in [2.05, 4.69) is 109 Å². The van der Waals surface area contributed by atoms with Crippen molar-refractivity contribution in [3.63, 3.8) is 0 Å². The van der Waals surface area contributed by atoms with Gasteiger partial charge in [-0.25, -0.2) is 0 Å². The molecule has 0 spiro atoms. The van der Waals surface area contributed by atoms with Gasteiger partial charge < -0.3 is 17.9 Å². The Morgan fingerprint density at radius 1 is 0.730 bits per heavy atom. The number of hydrogen-bond acceptors (Lipinski definition) is 4. The second-order valence-electron chi connectivity index (χ2n) is 8.29. The Morgan fingerprint density at radius 2 is 1.14 bits per heavy atom. The molecule has 188 valence electrons. The summed E-state index contributed by atoms with van der Waals surface area (Å²) in [5, 5.41) is 7.87. The van der Waals surface area contributed by atoms with Crippen molar-refractivity contribution < 1.29 is 0 Å². The van der Waals surface area contributed by atoms with Gasteiger partial charge in [0.05, 0.1) is 4.78 Å². The Bertz CT molecular complexity index is 1310. The van der Waals surface area contributed by atoms with Gasteiger partial charge in [0.15, 0.2) is 0 Å². The highest BCUT2D eigenvalue weighted by atomic mass is 32.1. The number of aliphatic imine (C=N–C) groups is 1. The fraction of sp³-hybridized carbons (Fsp3) is 0.133. The maximum atomic E-state index is 6.26. The zero-order valence-corrected chi connectivity index (χ0v) is 24.5. The highest BCUT2D eigenvalue weighted by molar-refractivity contribution is 8.21. The lowest BCUT2D eigenvalue weighted by atomic mass is 10.4. The van der Waals surface area contributed by atoms with Crippen LogP contribution in [0, 0.1) is 0 Å². The van der Waals surface area contributed by atoms with E-state index in [9.17, 15) is 0 Å². The fourth-order valence-electron chi connectivity index (χ4n) is 4.32. The van der Waals surface area contributed by atoms with Crippen LogP contribution in [0.25, 0.3) is 0 Å². The molecule has 4 aromatic carbocycles. The van der Waals surface area contributed by atoms with Crippen molar-refractivity contribution in [2.45, 2.75) is 13.8 Å². The summed E-state index contributed by atoms with van der Waals surface area (Å²) in [7, 11) is -5.42. The van der Waals surface area contributed by atoms with Crippen LogP contribution in [-0.4, -0.2) is 22.6 Å². The highest BCUT2D eigenvalue weighted by Gasteiger charge is 2.48. The van der Waals surface area contributed by atoms with Crippen LogP contribution in [0.4, 0.5) is 0 Å². The predicted molar refractivity (Wildman–Crippen MR) is 172 cm³/mol. The van der Waals surface area contributed by atoms with Crippen molar-refractivity contribution in [2.24, 2.45) is 9.51 Å². The summed E-state index contributed by atoms with van der Waals surface area (Å²) < 4.78 is 6.79. The molecule has 0 heterocycles. The first-order chi connectivity index (χ1) is 18.1. The molecule has 0 radical (unpaired) electrons. The molecule has 3 nitrogen and oxygen atoms in total. The van der Waals surface area contributed by atoms with Crippen molar-refractivity contribution >= 4 is 70.0 Å². The molecule has 37 heavy (non-hydrogen) atoms. The van der Waals surface area contributed by atoms with Crippen molar-refractivity contribution in [3.8, 4) is 0 Å². The molecule has 0 saturated carbocycles. The van der Waals surface area contributed by atoms with Gasteiger partial charge in [-0.2, -0.15) is 0 Å². The topological polar surface area (TPSA) is 36.8 Å². The van der Waals surface area contributed by atoms with E-state index in [1.165, 1.54) is 0 Å². The normalized spacial score (nSPS) is 12.1. The maximum absolute atomic E-state index is 6.26. The summed E-state index contributed by atoms with van der Waals surface area (Å²) in [6.07, 6.45) is 0. The first-order valence-corrected chi connectivity index (χ1v) is 16.7. The molecule has 0 aromatic heterocycles. The second kappa shape index (κ2) is 12.7. The van der Waals surface area contributed by atoms with Crippen LogP contribution in [0.2, 0.25) is 0 Å². The number of benzene rings is 4. The average molecular weight is 560 g/mol. The number of rotatable bonds is 9. The molecule has 0 fully saturated rings. The zero-order chi connectivity index (χ0) is 26.1. The van der Waals surface area contributed by atoms with E-state index < -0.39 is 14.5 Å². The summed E-state index contributed by atoms with van der Waals surface area (Å²) in [5.41, 5.74) is 0. The molecule has 4 rings (SSSR count). The molecule has 7 heteroatoms. The third-order valence-corrected chi connectivity index (χ3v) is 15.6. The second-order valence-corrected chi connectivity index (χ2v) is 15.9. The van der Waals surface area contributed by atoms with Crippen LogP contribution in [0.3, 0.4) is 0 Å². The zero-order valence-electron chi connectivity index (χ0n) is 21.1. The Balaban J connectivity index is 2.28. The van der Waals surface area contributed by atoms with Gasteiger partial charge >= 0.3 is 0 Å². The first kappa shape index (κ1) is 27.4. The van der Waals surface area contributed by atoms with E-state index >= 15 is 0 Å². The molecule has 0 aliphatic carbocycles. The Labute approximate surface area is 232 Å². The molecular weight excluding hydrogens is 528 g/mol. The SMILES string of the molecule is CCN=C([S-])[P+](N=P(C(=S)NCC)(c1ccccc1)c1ccccc1)(c1ccccc1)c1ccccc1. The first-order valence-electron chi connectivity index (χ1n) is 12.4. The molecule has 1 N–H and O–H groups in total. The molecule has 4 aromatic rings. The summed E-state index contributed by atoms with van der Waals surface area (Å²) >= 11 is 12.5. The fourth-order valence-corrected chi connectivity index (χ4v) is 15.1. The van der Waals surface area contributed by atoms with Gasteiger partial charge in [-0.05, 0) is 38.1 Å².